The number of allylic oxidation sites excluding steroid dienone is 3. The van der Waals surface area contributed by atoms with Crippen LogP contribution in [0.25, 0.3) is 0 Å². The molecule has 23 heavy (non-hydrogen) atoms. The number of methoxy groups -OCH3 is 1. The van der Waals surface area contributed by atoms with Crippen LogP contribution < -0.4 is 0 Å². The van der Waals surface area contributed by atoms with E-state index < -0.39 is 5.41 Å². The Morgan fingerprint density at radius 3 is 2.74 bits per heavy atom. The quantitative estimate of drug-likeness (QED) is 0.786. The molecule has 1 N–H and O–H groups in total. The van der Waals surface area contributed by atoms with E-state index in [1.807, 2.05) is 6.92 Å². The highest BCUT2D eigenvalue weighted by Gasteiger charge is 2.49. The van der Waals surface area contributed by atoms with E-state index in [1.165, 1.54) is 18.3 Å². The van der Waals surface area contributed by atoms with Crippen LogP contribution in [0, 0.1) is 29.1 Å². The molecule has 0 bridgehead atoms. The van der Waals surface area contributed by atoms with Crippen LogP contribution in [0.1, 0.15) is 52.9 Å². The number of carbonyl (C=O) groups is 1. The fraction of sp³-hybridized carbons (Fsp3) is 0.750. The number of aliphatic hydroxyl groups excluding tert-OH is 1. The summed E-state index contributed by atoms with van der Waals surface area (Å²) in [6.07, 6.45) is 9.11. The first kappa shape index (κ1) is 16.8. The zero-order chi connectivity index (χ0) is 16.8. The van der Waals surface area contributed by atoms with E-state index in [1.54, 1.807) is 0 Å². The van der Waals surface area contributed by atoms with Crippen molar-refractivity contribution < 1.29 is 14.6 Å². The minimum atomic E-state index is -0.487. The van der Waals surface area contributed by atoms with E-state index in [2.05, 4.69) is 26.0 Å². The maximum atomic E-state index is 12.4. The number of rotatable bonds is 2. The molecule has 3 rings (SSSR count). The highest BCUT2D eigenvalue weighted by atomic mass is 16.5. The van der Waals surface area contributed by atoms with Gasteiger partial charge in [0.2, 0.25) is 0 Å². The Hall–Kier alpha value is -1.09. The molecule has 128 valence electrons. The lowest BCUT2D eigenvalue weighted by atomic mass is 9.56. The van der Waals surface area contributed by atoms with Crippen molar-refractivity contribution in [2.75, 3.05) is 7.11 Å². The summed E-state index contributed by atoms with van der Waals surface area (Å²) in [5.41, 5.74) is 2.23. The van der Waals surface area contributed by atoms with E-state index in [-0.39, 0.29) is 12.1 Å². The molecule has 3 aliphatic carbocycles. The topological polar surface area (TPSA) is 46.5 Å². The maximum absolute atomic E-state index is 12.4. The van der Waals surface area contributed by atoms with E-state index in [0.717, 1.165) is 32.1 Å². The van der Waals surface area contributed by atoms with Crippen molar-refractivity contribution in [2.45, 2.75) is 59.0 Å². The zero-order valence-electron chi connectivity index (χ0n) is 14.8. The van der Waals surface area contributed by atoms with Crippen molar-refractivity contribution in [1.29, 1.82) is 0 Å². The predicted octanol–water partition coefficient (Wildman–Crippen LogP) is 3.88. The molecule has 0 aromatic rings. The highest BCUT2D eigenvalue weighted by molar-refractivity contribution is 5.80. The van der Waals surface area contributed by atoms with Crippen molar-refractivity contribution in [1.82, 2.24) is 0 Å². The lowest BCUT2D eigenvalue weighted by Crippen LogP contribution is -2.44. The van der Waals surface area contributed by atoms with Crippen LogP contribution in [0.4, 0.5) is 0 Å². The number of aliphatic hydroxyl groups is 1. The second-order valence-electron chi connectivity index (χ2n) is 8.21. The Morgan fingerprint density at radius 1 is 1.35 bits per heavy atom. The zero-order valence-corrected chi connectivity index (χ0v) is 14.8. The van der Waals surface area contributed by atoms with Gasteiger partial charge in [0.15, 0.2) is 0 Å². The van der Waals surface area contributed by atoms with Gasteiger partial charge in [-0.25, -0.2) is 0 Å². The van der Waals surface area contributed by atoms with Crippen LogP contribution in [-0.2, 0) is 9.53 Å². The van der Waals surface area contributed by atoms with Crippen molar-refractivity contribution in [2.24, 2.45) is 29.1 Å². The molecule has 0 radical (unpaired) electrons. The lowest BCUT2D eigenvalue weighted by Gasteiger charge is -2.48. The molecule has 2 saturated carbocycles. The standard InChI is InChI=1S/C20H30O3/c1-12(2)15-10-13-7-8-17-14(16(13)11-18(15)21)6-5-9-20(17,3)19(22)23-4/h7-8,12,14-16,18,21H,5-6,9-11H2,1-4H3/t14-,15+,16-,18-,20+/m0/s1. The molecule has 0 aliphatic heterocycles. The van der Waals surface area contributed by atoms with Crippen molar-refractivity contribution >= 4 is 5.97 Å². The van der Waals surface area contributed by atoms with Gasteiger partial charge in [-0.1, -0.05) is 38.0 Å². The third-order valence-corrected chi connectivity index (χ3v) is 6.62. The van der Waals surface area contributed by atoms with Crippen molar-refractivity contribution in [3.05, 3.63) is 23.3 Å². The molecule has 0 aromatic carbocycles. The average molecular weight is 318 g/mol. The molecule has 0 aromatic heterocycles. The molecular weight excluding hydrogens is 288 g/mol. The number of fused-ring (bicyclic) bond motifs is 3. The van der Waals surface area contributed by atoms with E-state index in [4.69, 9.17) is 4.74 Å². The molecule has 3 heteroatoms. The first-order valence-electron chi connectivity index (χ1n) is 9.06. The molecule has 3 nitrogen and oxygen atoms in total. The van der Waals surface area contributed by atoms with Gasteiger partial charge in [0.25, 0.3) is 0 Å². The summed E-state index contributed by atoms with van der Waals surface area (Å²) in [5, 5.41) is 10.6. The van der Waals surface area contributed by atoms with Gasteiger partial charge in [-0.2, -0.15) is 0 Å². The van der Waals surface area contributed by atoms with Crippen LogP contribution in [0.5, 0.6) is 0 Å². The first-order valence-corrected chi connectivity index (χ1v) is 9.06. The summed E-state index contributed by atoms with van der Waals surface area (Å²) in [6.45, 7) is 6.44. The van der Waals surface area contributed by atoms with E-state index in [0.29, 0.717) is 23.7 Å². The summed E-state index contributed by atoms with van der Waals surface area (Å²) in [5.74, 6) is 1.56. The largest absolute Gasteiger partial charge is 0.468 e. The molecular formula is C20H30O3. The molecule has 0 unspecified atom stereocenters. The Balaban J connectivity index is 1.94. The molecule has 0 saturated heterocycles. The molecule has 3 aliphatic rings. The van der Waals surface area contributed by atoms with Gasteiger partial charge in [0.05, 0.1) is 18.6 Å². The summed E-state index contributed by atoms with van der Waals surface area (Å²) in [7, 11) is 1.49. The molecule has 0 amide bonds. The van der Waals surface area contributed by atoms with Crippen LogP contribution in [0.2, 0.25) is 0 Å². The normalized spacial score (nSPS) is 39.9. The van der Waals surface area contributed by atoms with Crippen LogP contribution >= 0.6 is 0 Å². The fourth-order valence-corrected chi connectivity index (χ4v) is 5.19. The minimum absolute atomic E-state index is 0.110. The van der Waals surface area contributed by atoms with E-state index in [9.17, 15) is 9.90 Å². The fourth-order valence-electron chi connectivity index (χ4n) is 5.19. The molecule has 5 atom stereocenters. The molecule has 2 fully saturated rings. The number of carbonyl (C=O) groups excluding carboxylic acids is 1. The van der Waals surface area contributed by atoms with Gasteiger partial charge in [-0.05, 0) is 61.9 Å². The summed E-state index contributed by atoms with van der Waals surface area (Å²) >= 11 is 0. The van der Waals surface area contributed by atoms with Crippen LogP contribution in [0.3, 0.4) is 0 Å². The Kier molecular flexibility index (Phi) is 4.43. The number of hydrogen-bond acceptors (Lipinski definition) is 3. The lowest BCUT2D eigenvalue weighted by molar-refractivity contribution is -0.151. The summed E-state index contributed by atoms with van der Waals surface area (Å²) < 4.78 is 5.10. The van der Waals surface area contributed by atoms with Crippen LogP contribution in [0.15, 0.2) is 23.3 Å². The minimum Gasteiger partial charge on any atom is -0.468 e. The van der Waals surface area contributed by atoms with Gasteiger partial charge >= 0.3 is 5.97 Å². The first-order chi connectivity index (χ1) is 10.9. The number of ether oxygens (including phenoxy) is 1. The monoisotopic (exact) mass is 318 g/mol. The Labute approximate surface area is 139 Å². The Morgan fingerprint density at radius 2 is 2.09 bits per heavy atom. The third-order valence-electron chi connectivity index (χ3n) is 6.62. The number of esters is 1. The predicted molar refractivity (Wildman–Crippen MR) is 90.7 cm³/mol. The average Bonchev–Trinajstić information content (AvgIpc) is 2.53. The second-order valence-corrected chi connectivity index (χ2v) is 8.21. The van der Waals surface area contributed by atoms with Crippen molar-refractivity contribution in [3.63, 3.8) is 0 Å². The highest BCUT2D eigenvalue weighted by Crippen LogP contribution is 2.54. The third kappa shape index (κ3) is 2.67. The summed E-state index contributed by atoms with van der Waals surface area (Å²) in [6, 6.07) is 0. The number of hydrogen-bond donors (Lipinski definition) is 1. The van der Waals surface area contributed by atoms with Gasteiger partial charge in [-0.15, -0.1) is 0 Å². The van der Waals surface area contributed by atoms with Gasteiger partial charge < -0.3 is 9.84 Å². The Bertz CT molecular complexity index is 545. The maximum Gasteiger partial charge on any atom is 0.315 e. The smallest absolute Gasteiger partial charge is 0.315 e. The molecule has 0 heterocycles. The summed E-state index contributed by atoms with van der Waals surface area (Å²) in [4.78, 5) is 12.4. The van der Waals surface area contributed by atoms with Gasteiger partial charge in [-0.3, -0.25) is 4.79 Å². The van der Waals surface area contributed by atoms with Gasteiger partial charge in [0, 0.05) is 0 Å². The van der Waals surface area contributed by atoms with E-state index >= 15 is 0 Å². The second kappa shape index (κ2) is 6.08. The van der Waals surface area contributed by atoms with Crippen LogP contribution in [-0.4, -0.2) is 24.3 Å². The van der Waals surface area contributed by atoms with Crippen molar-refractivity contribution in [3.8, 4) is 0 Å². The molecule has 0 spiro atoms. The van der Waals surface area contributed by atoms with Gasteiger partial charge in [0.1, 0.15) is 0 Å². The SMILES string of the molecule is COC(=O)[C@]1(C)CCC[C@@H]2C1=CC=C1C[C@H](C(C)C)[C@@H](O)C[C@@H]12.